The third kappa shape index (κ3) is 1.64. The van der Waals surface area contributed by atoms with Crippen LogP contribution in [0.5, 0.6) is 0 Å². The first-order valence-electron chi connectivity index (χ1n) is 6.35. The first-order valence-corrected chi connectivity index (χ1v) is 6.35. The van der Waals surface area contributed by atoms with Crippen LogP contribution in [-0.4, -0.2) is 20.2 Å². The van der Waals surface area contributed by atoms with Gasteiger partial charge in [-0.15, -0.1) is 0 Å². The smallest absolute Gasteiger partial charge is 0.153 e. The van der Waals surface area contributed by atoms with Crippen LogP contribution < -0.4 is 0 Å². The molecular formula is C15H12N4O. The zero-order valence-corrected chi connectivity index (χ0v) is 10.8. The second-order valence-electron chi connectivity index (χ2n) is 4.72. The van der Waals surface area contributed by atoms with Gasteiger partial charge in [-0.05, 0) is 19.1 Å². The third-order valence-electron chi connectivity index (χ3n) is 3.27. The second kappa shape index (κ2) is 4.09. The molecule has 4 aromatic rings. The predicted molar refractivity (Wildman–Crippen MR) is 76.1 cm³/mol. The molecule has 0 spiro atoms. The number of rotatable bonds is 2. The summed E-state index contributed by atoms with van der Waals surface area (Å²) in [6.45, 7) is 1.97. The van der Waals surface area contributed by atoms with Crippen LogP contribution in [0.25, 0.3) is 33.8 Å². The van der Waals surface area contributed by atoms with E-state index in [0.717, 1.165) is 39.5 Å². The Morgan fingerprint density at radius 1 is 1.15 bits per heavy atom. The number of imidazole rings is 1. The fraction of sp³-hybridized carbons (Fsp3) is 0.0667. The summed E-state index contributed by atoms with van der Waals surface area (Å²) < 4.78 is 5.87. The van der Waals surface area contributed by atoms with Crippen molar-refractivity contribution in [2.75, 3.05) is 0 Å². The van der Waals surface area contributed by atoms with Gasteiger partial charge in [0.05, 0.1) is 11.8 Å². The first kappa shape index (κ1) is 11.0. The van der Waals surface area contributed by atoms with E-state index in [1.807, 2.05) is 37.3 Å². The van der Waals surface area contributed by atoms with E-state index >= 15 is 0 Å². The molecule has 98 valence electrons. The molecule has 0 saturated heterocycles. The van der Waals surface area contributed by atoms with Gasteiger partial charge in [-0.2, -0.15) is 5.10 Å². The van der Waals surface area contributed by atoms with E-state index in [1.165, 1.54) is 0 Å². The molecule has 3 aromatic heterocycles. The zero-order valence-electron chi connectivity index (χ0n) is 10.8. The maximum Gasteiger partial charge on any atom is 0.153 e. The highest BCUT2D eigenvalue weighted by molar-refractivity contribution is 5.85. The highest BCUT2D eigenvalue weighted by Gasteiger charge is 2.15. The van der Waals surface area contributed by atoms with Crippen LogP contribution in [0.1, 0.15) is 5.69 Å². The Labute approximate surface area is 114 Å². The lowest BCUT2D eigenvalue weighted by Crippen LogP contribution is -1.82. The van der Waals surface area contributed by atoms with Crippen molar-refractivity contribution in [3.05, 3.63) is 48.4 Å². The summed E-state index contributed by atoms with van der Waals surface area (Å²) >= 11 is 0. The van der Waals surface area contributed by atoms with Gasteiger partial charge in [0.1, 0.15) is 17.1 Å². The number of furan rings is 1. The Kier molecular flexibility index (Phi) is 2.26. The number of hydrogen-bond acceptors (Lipinski definition) is 3. The Morgan fingerprint density at radius 3 is 2.85 bits per heavy atom. The number of para-hydroxylation sites is 1. The van der Waals surface area contributed by atoms with Crippen LogP contribution in [0.2, 0.25) is 0 Å². The summed E-state index contributed by atoms with van der Waals surface area (Å²) in [6.07, 6.45) is 3.55. The number of nitrogens with zero attached hydrogens (tertiary/aromatic N) is 2. The van der Waals surface area contributed by atoms with Crippen LogP contribution in [0, 0.1) is 6.92 Å². The maximum atomic E-state index is 5.87. The van der Waals surface area contributed by atoms with Gasteiger partial charge >= 0.3 is 0 Å². The first-order chi connectivity index (χ1) is 9.81. The number of aromatic nitrogens is 4. The summed E-state index contributed by atoms with van der Waals surface area (Å²) in [5.41, 5.74) is 3.60. The number of benzene rings is 1. The summed E-state index contributed by atoms with van der Waals surface area (Å²) in [4.78, 5) is 7.55. The lowest BCUT2D eigenvalue weighted by atomic mass is 10.2. The highest BCUT2D eigenvalue weighted by Crippen LogP contribution is 2.32. The monoisotopic (exact) mass is 264 g/mol. The summed E-state index contributed by atoms with van der Waals surface area (Å²) in [6, 6.07) is 9.92. The molecule has 0 aliphatic carbocycles. The van der Waals surface area contributed by atoms with Gasteiger partial charge in [-0.25, -0.2) is 4.98 Å². The summed E-state index contributed by atoms with van der Waals surface area (Å²) in [5, 5.41) is 8.16. The number of H-pyrrole nitrogens is 2. The van der Waals surface area contributed by atoms with Gasteiger partial charge in [0.15, 0.2) is 5.76 Å². The minimum atomic E-state index is 0.757. The van der Waals surface area contributed by atoms with Crippen molar-refractivity contribution in [2.45, 2.75) is 6.92 Å². The average molecular weight is 264 g/mol. The van der Waals surface area contributed by atoms with Crippen molar-refractivity contribution in [1.82, 2.24) is 20.2 Å². The number of aryl methyl sites for hydroxylation is 1. The number of hydrogen-bond donors (Lipinski definition) is 2. The van der Waals surface area contributed by atoms with E-state index in [0.29, 0.717) is 0 Å². The van der Waals surface area contributed by atoms with Gasteiger partial charge in [-0.1, -0.05) is 18.2 Å². The topological polar surface area (TPSA) is 70.5 Å². The van der Waals surface area contributed by atoms with Crippen molar-refractivity contribution in [3.63, 3.8) is 0 Å². The lowest BCUT2D eigenvalue weighted by Gasteiger charge is -1.96. The minimum Gasteiger partial charge on any atom is -0.454 e. The van der Waals surface area contributed by atoms with Gasteiger partial charge in [-0.3, -0.25) is 5.10 Å². The molecule has 0 aliphatic heterocycles. The summed E-state index contributed by atoms with van der Waals surface area (Å²) in [5.74, 6) is 1.54. The molecule has 20 heavy (non-hydrogen) atoms. The Hall–Kier alpha value is -2.82. The van der Waals surface area contributed by atoms with Crippen molar-refractivity contribution in [2.24, 2.45) is 0 Å². The number of nitrogens with one attached hydrogen (secondary N) is 2. The Bertz CT molecular complexity index is 851. The van der Waals surface area contributed by atoms with Gasteiger partial charge in [0.25, 0.3) is 0 Å². The van der Waals surface area contributed by atoms with E-state index in [-0.39, 0.29) is 0 Å². The molecule has 0 saturated carbocycles. The van der Waals surface area contributed by atoms with E-state index < -0.39 is 0 Å². The molecule has 0 aliphatic rings. The highest BCUT2D eigenvalue weighted by atomic mass is 16.3. The lowest BCUT2D eigenvalue weighted by molar-refractivity contribution is 0.628. The third-order valence-corrected chi connectivity index (χ3v) is 3.27. The molecule has 3 heterocycles. The quantitative estimate of drug-likeness (QED) is 0.582. The average Bonchev–Trinajstić information content (AvgIpc) is 3.15. The van der Waals surface area contributed by atoms with E-state index in [4.69, 9.17) is 4.42 Å². The molecule has 0 amide bonds. The van der Waals surface area contributed by atoms with E-state index in [1.54, 1.807) is 12.4 Å². The standard InChI is InChI=1S/C15H12N4O/c1-9-7-16-15(18-9)11-8-17-19-14(11)13-6-10-4-2-3-5-12(10)20-13/h2-8H,1H3,(H,16,18)(H,17,19). The Morgan fingerprint density at radius 2 is 2.05 bits per heavy atom. The molecule has 0 fully saturated rings. The number of aromatic amines is 2. The Balaban J connectivity index is 1.88. The molecule has 1 aromatic carbocycles. The fourth-order valence-corrected chi connectivity index (χ4v) is 2.31. The van der Waals surface area contributed by atoms with E-state index in [9.17, 15) is 0 Å². The van der Waals surface area contributed by atoms with Crippen LogP contribution >= 0.6 is 0 Å². The van der Waals surface area contributed by atoms with E-state index in [2.05, 4.69) is 20.2 Å². The molecule has 0 atom stereocenters. The van der Waals surface area contributed by atoms with Crippen LogP contribution in [0.4, 0.5) is 0 Å². The van der Waals surface area contributed by atoms with Crippen molar-refractivity contribution < 1.29 is 4.42 Å². The molecule has 5 heteroatoms. The molecule has 5 nitrogen and oxygen atoms in total. The van der Waals surface area contributed by atoms with Crippen LogP contribution in [-0.2, 0) is 0 Å². The van der Waals surface area contributed by atoms with Crippen molar-refractivity contribution in [3.8, 4) is 22.8 Å². The van der Waals surface area contributed by atoms with Crippen molar-refractivity contribution in [1.29, 1.82) is 0 Å². The molecule has 0 bridgehead atoms. The normalized spacial score (nSPS) is 11.2. The van der Waals surface area contributed by atoms with Crippen molar-refractivity contribution >= 4 is 11.0 Å². The fourth-order valence-electron chi connectivity index (χ4n) is 2.31. The second-order valence-corrected chi connectivity index (χ2v) is 4.72. The van der Waals surface area contributed by atoms with Gasteiger partial charge < -0.3 is 9.40 Å². The van der Waals surface area contributed by atoms with Gasteiger partial charge in [0.2, 0.25) is 0 Å². The van der Waals surface area contributed by atoms with Gasteiger partial charge in [0, 0.05) is 17.3 Å². The molecule has 0 radical (unpaired) electrons. The largest absolute Gasteiger partial charge is 0.454 e. The van der Waals surface area contributed by atoms with Crippen LogP contribution in [0.3, 0.4) is 0 Å². The number of fused-ring (bicyclic) bond motifs is 1. The molecule has 0 unspecified atom stereocenters. The predicted octanol–water partition coefficient (Wildman–Crippen LogP) is 3.52. The minimum absolute atomic E-state index is 0.757. The zero-order chi connectivity index (χ0) is 13.5. The maximum absolute atomic E-state index is 5.87. The SMILES string of the molecule is Cc1cnc(-c2cn[nH]c2-c2cc3ccccc3o2)[nH]1. The molecule has 4 rings (SSSR count). The summed E-state index contributed by atoms with van der Waals surface area (Å²) in [7, 11) is 0. The molecular weight excluding hydrogens is 252 g/mol. The van der Waals surface area contributed by atoms with Crippen LogP contribution in [0.15, 0.2) is 47.1 Å². The molecule has 2 N–H and O–H groups in total.